The number of hydrogen-bond donors (Lipinski definition) is 1. The van der Waals surface area contributed by atoms with Gasteiger partial charge in [-0.05, 0) is 90.9 Å². The predicted octanol–water partition coefficient (Wildman–Crippen LogP) is 6.21. The Kier molecular flexibility index (Phi) is 7.63. The van der Waals surface area contributed by atoms with E-state index in [0.717, 1.165) is 39.6 Å². The minimum Gasteiger partial charge on any atom is -0.321 e. The molecule has 2 aromatic heterocycles. The van der Waals surface area contributed by atoms with Gasteiger partial charge in [0.25, 0.3) is 5.56 Å². The van der Waals surface area contributed by atoms with Gasteiger partial charge in [0.15, 0.2) is 5.82 Å². The maximum Gasteiger partial charge on any atom is 0.253 e. The topological polar surface area (TPSA) is 79.7 Å². The number of pyridine rings is 1. The van der Waals surface area contributed by atoms with Crippen LogP contribution >= 0.6 is 0 Å². The van der Waals surface area contributed by atoms with Crippen molar-refractivity contribution in [3.05, 3.63) is 123 Å². The lowest BCUT2D eigenvalue weighted by atomic mass is 9.97. The molecule has 1 N–H and O–H groups in total. The van der Waals surface area contributed by atoms with Crippen molar-refractivity contribution in [2.45, 2.75) is 65.7 Å². The molecule has 0 unspecified atom stereocenters. The summed E-state index contributed by atoms with van der Waals surface area (Å²) in [6, 6.07) is 22.1. The molecule has 0 amide bonds. The number of aryl methyl sites for hydroxylation is 2. The third kappa shape index (κ3) is 5.58. The maximum absolute atomic E-state index is 13.9. The molecule has 8 heteroatoms. The van der Waals surface area contributed by atoms with Gasteiger partial charge in [0.1, 0.15) is 11.9 Å². The van der Waals surface area contributed by atoms with Gasteiger partial charge in [-0.3, -0.25) is 9.69 Å². The minimum atomic E-state index is -0.583. The predicted molar refractivity (Wildman–Crippen MR) is 155 cm³/mol. The van der Waals surface area contributed by atoms with Crippen molar-refractivity contribution in [1.82, 2.24) is 30.1 Å². The van der Waals surface area contributed by atoms with E-state index in [9.17, 15) is 9.18 Å². The smallest absolute Gasteiger partial charge is 0.253 e. The Morgan fingerprint density at radius 2 is 1.65 bits per heavy atom. The Morgan fingerprint density at radius 3 is 2.33 bits per heavy atom. The van der Waals surface area contributed by atoms with Gasteiger partial charge < -0.3 is 4.98 Å². The molecule has 40 heavy (non-hydrogen) atoms. The van der Waals surface area contributed by atoms with Crippen LogP contribution in [-0.2, 0) is 18.6 Å². The van der Waals surface area contributed by atoms with Crippen LogP contribution in [0.1, 0.15) is 66.9 Å². The quantitative estimate of drug-likeness (QED) is 0.241. The lowest BCUT2D eigenvalue weighted by Crippen LogP contribution is -2.38. The first-order valence-electron chi connectivity index (χ1n) is 13.6. The van der Waals surface area contributed by atoms with E-state index in [-0.39, 0.29) is 16.9 Å². The third-order valence-electron chi connectivity index (χ3n) is 7.69. The summed E-state index contributed by atoms with van der Waals surface area (Å²) in [5, 5.41) is 14.0. The highest BCUT2D eigenvalue weighted by Gasteiger charge is 2.34. The number of nitrogens with zero attached hydrogens (tertiary/aromatic N) is 5. The Balaban J connectivity index is 1.75. The molecule has 0 fully saturated rings. The number of fused-ring (bicyclic) bond motifs is 1. The molecule has 7 nitrogen and oxygen atoms in total. The van der Waals surface area contributed by atoms with Gasteiger partial charge in [-0.2, -0.15) is 0 Å². The summed E-state index contributed by atoms with van der Waals surface area (Å²) in [5.41, 5.74) is 4.92. The second-order valence-corrected chi connectivity index (χ2v) is 11.1. The largest absolute Gasteiger partial charge is 0.321 e. The van der Waals surface area contributed by atoms with E-state index in [1.165, 1.54) is 12.1 Å². The van der Waals surface area contributed by atoms with E-state index >= 15 is 0 Å². The molecule has 1 atom stereocenters. The van der Waals surface area contributed by atoms with Gasteiger partial charge in [-0.25, -0.2) is 9.07 Å². The maximum atomic E-state index is 13.9. The van der Waals surface area contributed by atoms with Crippen molar-refractivity contribution in [1.29, 1.82) is 0 Å². The van der Waals surface area contributed by atoms with Crippen LogP contribution in [0.3, 0.4) is 0 Å². The van der Waals surface area contributed by atoms with Crippen molar-refractivity contribution in [2.24, 2.45) is 0 Å². The molecule has 5 rings (SSSR count). The number of tetrazole rings is 1. The molecule has 0 aliphatic heterocycles. The number of H-pyrrole nitrogens is 1. The van der Waals surface area contributed by atoms with E-state index in [4.69, 9.17) is 0 Å². The average Bonchev–Trinajstić information content (AvgIpc) is 3.42. The van der Waals surface area contributed by atoms with E-state index in [2.05, 4.69) is 77.4 Å². The highest BCUT2D eigenvalue weighted by Crippen LogP contribution is 2.33. The van der Waals surface area contributed by atoms with Gasteiger partial charge in [-0.1, -0.05) is 61.0 Å². The average molecular weight is 539 g/mol. The van der Waals surface area contributed by atoms with Crippen LogP contribution in [0, 0.1) is 19.7 Å². The molecule has 0 bridgehead atoms. The molecule has 0 saturated heterocycles. The highest BCUT2D eigenvalue weighted by atomic mass is 19.1. The molecular weight excluding hydrogens is 503 g/mol. The summed E-state index contributed by atoms with van der Waals surface area (Å²) in [6.45, 7) is 11.3. The number of halogens is 1. The molecular formula is C32H35FN6O. The molecule has 3 aromatic carbocycles. The van der Waals surface area contributed by atoms with E-state index < -0.39 is 6.04 Å². The number of benzene rings is 3. The van der Waals surface area contributed by atoms with Crippen molar-refractivity contribution < 1.29 is 4.39 Å². The summed E-state index contributed by atoms with van der Waals surface area (Å²) in [4.78, 5) is 19.2. The van der Waals surface area contributed by atoms with E-state index in [0.29, 0.717) is 24.5 Å². The number of rotatable bonds is 9. The van der Waals surface area contributed by atoms with Crippen molar-refractivity contribution in [3.63, 3.8) is 0 Å². The first-order valence-corrected chi connectivity index (χ1v) is 13.6. The fourth-order valence-corrected chi connectivity index (χ4v) is 5.23. The molecule has 2 heterocycles. The standard InChI is InChI=1S/C32H35FN6O/c1-6-32(4,5)39-30(35-36-37-39)29(27-18-25-17-21(2)16-22(3)28(25)34-31(27)40)38(19-23-10-8-7-9-11-23)20-24-12-14-26(33)15-13-24/h7-18,29H,6,19-20H2,1-5H3,(H,34,40)/t29-/m0/s1. The monoisotopic (exact) mass is 538 g/mol. The number of aromatic nitrogens is 5. The molecule has 5 aromatic rings. The number of nitrogens with one attached hydrogen (secondary N) is 1. The summed E-state index contributed by atoms with van der Waals surface area (Å²) in [6.07, 6.45) is 0.793. The highest BCUT2D eigenvalue weighted by molar-refractivity contribution is 5.83. The molecule has 206 valence electrons. The van der Waals surface area contributed by atoms with Gasteiger partial charge in [0, 0.05) is 18.7 Å². The van der Waals surface area contributed by atoms with Crippen LogP contribution in [0.2, 0.25) is 0 Å². The van der Waals surface area contributed by atoms with Gasteiger partial charge in [0.05, 0.1) is 11.1 Å². The third-order valence-corrected chi connectivity index (χ3v) is 7.69. The fourth-order valence-electron chi connectivity index (χ4n) is 5.23. The van der Waals surface area contributed by atoms with Crippen LogP contribution in [0.15, 0.2) is 77.6 Å². The second kappa shape index (κ2) is 11.1. The lowest BCUT2D eigenvalue weighted by Gasteiger charge is -2.33. The zero-order valence-corrected chi connectivity index (χ0v) is 23.6. The zero-order chi connectivity index (χ0) is 28.4. The molecule has 0 radical (unpaired) electrons. The second-order valence-electron chi connectivity index (χ2n) is 11.1. The number of hydrogen-bond acceptors (Lipinski definition) is 5. The SMILES string of the molecule is CCC(C)(C)n1nnnc1[C@H](c1cc2cc(C)cc(C)c2[nH]c1=O)N(Cc1ccccc1)Cc1ccc(F)cc1. The molecule has 0 saturated carbocycles. The summed E-state index contributed by atoms with van der Waals surface area (Å²) >= 11 is 0. The first kappa shape index (κ1) is 27.4. The molecule has 0 aliphatic carbocycles. The van der Waals surface area contributed by atoms with Crippen LogP contribution in [-0.4, -0.2) is 30.1 Å². The van der Waals surface area contributed by atoms with Crippen molar-refractivity contribution in [2.75, 3.05) is 0 Å². The Morgan fingerprint density at radius 1 is 0.975 bits per heavy atom. The number of aromatic amines is 1. The summed E-state index contributed by atoms with van der Waals surface area (Å²) in [5.74, 6) is 0.291. The first-order chi connectivity index (χ1) is 19.2. The zero-order valence-electron chi connectivity index (χ0n) is 23.6. The molecule has 0 aliphatic rings. The van der Waals surface area contributed by atoms with Crippen LogP contribution in [0.4, 0.5) is 4.39 Å². The van der Waals surface area contributed by atoms with Gasteiger partial charge in [-0.15, -0.1) is 5.10 Å². The fraction of sp³-hybridized carbons (Fsp3) is 0.312. The van der Waals surface area contributed by atoms with Crippen molar-refractivity contribution >= 4 is 10.9 Å². The minimum absolute atomic E-state index is 0.189. The Labute approximate surface area is 233 Å². The van der Waals surface area contributed by atoms with Gasteiger partial charge in [0.2, 0.25) is 0 Å². The lowest BCUT2D eigenvalue weighted by molar-refractivity contribution is 0.180. The molecule has 0 spiro atoms. The Bertz CT molecular complexity index is 1670. The van der Waals surface area contributed by atoms with Gasteiger partial charge >= 0.3 is 0 Å². The van der Waals surface area contributed by atoms with Crippen LogP contribution in [0.5, 0.6) is 0 Å². The van der Waals surface area contributed by atoms with Crippen LogP contribution < -0.4 is 5.56 Å². The van der Waals surface area contributed by atoms with Crippen molar-refractivity contribution in [3.8, 4) is 0 Å². The van der Waals surface area contributed by atoms with E-state index in [1.54, 1.807) is 12.1 Å². The summed E-state index contributed by atoms with van der Waals surface area (Å²) in [7, 11) is 0. The normalized spacial score (nSPS) is 12.8. The summed E-state index contributed by atoms with van der Waals surface area (Å²) < 4.78 is 15.7. The van der Waals surface area contributed by atoms with E-state index in [1.807, 2.05) is 35.9 Å². The van der Waals surface area contributed by atoms with Crippen LogP contribution in [0.25, 0.3) is 10.9 Å². The Hall–Kier alpha value is -4.17.